The highest BCUT2D eigenvalue weighted by molar-refractivity contribution is 7.13. The Hall–Kier alpha value is -2.03. The lowest BCUT2D eigenvalue weighted by Crippen LogP contribution is -2.53. The molecule has 0 aliphatic carbocycles. The van der Waals surface area contributed by atoms with Crippen molar-refractivity contribution in [1.82, 2.24) is 20.1 Å². The van der Waals surface area contributed by atoms with E-state index in [9.17, 15) is 4.79 Å². The highest BCUT2D eigenvalue weighted by Gasteiger charge is 2.23. The number of nitrogens with one attached hydrogen (secondary N) is 1. The second-order valence-corrected chi connectivity index (χ2v) is 6.70. The molecule has 1 aliphatic rings. The molecule has 9 heteroatoms. The molecule has 1 N–H and O–H groups in total. The first kappa shape index (κ1) is 19.3. The van der Waals surface area contributed by atoms with Gasteiger partial charge in [-0.1, -0.05) is 0 Å². The molecule has 1 fully saturated rings. The molecule has 0 spiro atoms. The third-order valence-electron chi connectivity index (χ3n) is 3.75. The number of hydrogen-bond acceptors (Lipinski definition) is 6. The van der Waals surface area contributed by atoms with E-state index < -0.39 is 0 Å². The standard InChI is InChI=1S/C16H28N6O2S/c1-5-17-14(18-11-13-12-25-15(19-13)20(3)4)21-7-9-22(10-8-21)16(23)24-6-2/h12H,5-11H2,1-4H3,(H,17,18). The minimum absolute atomic E-state index is 0.234. The van der Waals surface area contributed by atoms with E-state index in [2.05, 4.69) is 22.1 Å². The van der Waals surface area contributed by atoms with Gasteiger partial charge in [0.15, 0.2) is 11.1 Å². The van der Waals surface area contributed by atoms with Crippen LogP contribution >= 0.6 is 11.3 Å². The average Bonchev–Trinajstić information content (AvgIpc) is 3.08. The molecule has 0 unspecified atom stereocenters. The van der Waals surface area contributed by atoms with Gasteiger partial charge in [-0.15, -0.1) is 11.3 Å². The van der Waals surface area contributed by atoms with E-state index in [4.69, 9.17) is 9.73 Å². The third-order valence-corrected chi connectivity index (χ3v) is 4.81. The molecule has 1 aromatic rings. The summed E-state index contributed by atoms with van der Waals surface area (Å²) in [6.45, 7) is 8.40. The van der Waals surface area contributed by atoms with Crippen molar-refractivity contribution in [3.63, 3.8) is 0 Å². The summed E-state index contributed by atoms with van der Waals surface area (Å²) in [6, 6.07) is 0. The molecule has 1 aliphatic heterocycles. The van der Waals surface area contributed by atoms with Gasteiger partial charge in [0.1, 0.15) is 0 Å². The van der Waals surface area contributed by atoms with Gasteiger partial charge in [-0.3, -0.25) is 0 Å². The van der Waals surface area contributed by atoms with Crippen LogP contribution < -0.4 is 10.2 Å². The fourth-order valence-corrected chi connectivity index (χ4v) is 3.22. The van der Waals surface area contributed by atoms with Crippen LogP contribution in [0, 0.1) is 0 Å². The third kappa shape index (κ3) is 5.48. The quantitative estimate of drug-likeness (QED) is 0.626. The van der Waals surface area contributed by atoms with Crippen LogP contribution in [-0.4, -0.2) is 80.3 Å². The lowest BCUT2D eigenvalue weighted by Gasteiger charge is -2.35. The van der Waals surface area contributed by atoms with E-state index in [0.717, 1.165) is 36.4 Å². The van der Waals surface area contributed by atoms with Crippen LogP contribution in [0.2, 0.25) is 0 Å². The fourth-order valence-electron chi connectivity index (χ4n) is 2.47. The minimum atomic E-state index is -0.234. The number of aromatic nitrogens is 1. The highest BCUT2D eigenvalue weighted by Crippen LogP contribution is 2.18. The predicted molar refractivity (Wildman–Crippen MR) is 101 cm³/mol. The smallest absolute Gasteiger partial charge is 0.409 e. The Labute approximate surface area is 153 Å². The van der Waals surface area contributed by atoms with E-state index in [1.54, 1.807) is 16.2 Å². The molecule has 1 aromatic heterocycles. The van der Waals surface area contributed by atoms with Crippen molar-refractivity contribution in [3.05, 3.63) is 11.1 Å². The molecule has 8 nitrogen and oxygen atoms in total. The maximum atomic E-state index is 11.8. The summed E-state index contributed by atoms with van der Waals surface area (Å²) < 4.78 is 5.06. The number of guanidine groups is 1. The lowest BCUT2D eigenvalue weighted by atomic mass is 10.3. The van der Waals surface area contributed by atoms with Crippen LogP contribution in [0.5, 0.6) is 0 Å². The topological polar surface area (TPSA) is 73.3 Å². The molecule has 0 saturated carbocycles. The number of thiazole rings is 1. The summed E-state index contributed by atoms with van der Waals surface area (Å²) in [5.74, 6) is 0.866. The van der Waals surface area contributed by atoms with Gasteiger partial charge in [0.25, 0.3) is 0 Å². The number of nitrogens with zero attached hydrogens (tertiary/aromatic N) is 5. The Morgan fingerprint density at radius 2 is 2.00 bits per heavy atom. The molecule has 140 valence electrons. The van der Waals surface area contributed by atoms with Gasteiger partial charge < -0.3 is 24.8 Å². The average molecular weight is 369 g/mol. The van der Waals surface area contributed by atoms with Gasteiger partial charge in [0.05, 0.1) is 18.8 Å². The summed E-state index contributed by atoms with van der Waals surface area (Å²) in [4.78, 5) is 27.0. The van der Waals surface area contributed by atoms with Crippen LogP contribution in [-0.2, 0) is 11.3 Å². The zero-order valence-corrected chi connectivity index (χ0v) is 16.3. The number of anilines is 1. The number of carbonyl (C=O) groups is 1. The van der Waals surface area contributed by atoms with E-state index in [0.29, 0.717) is 26.2 Å². The van der Waals surface area contributed by atoms with Crippen molar-refractivity contribution in [3.8, 4) is 0 Å². The number of rotatable bonds is 5. The van der Waals surface area contributed by atoms with Crippen LogP contribution in [0.3, 0.4) is 0 Å². The van der Waals surface area contributed by atoms with Gasteiger partial charge in [-0.2, -0.15) is 0 Å². The van der Waals surface area contributed by atoms with Gasteiger partial charge >= 0.3 is 6.09 Å². The van der Waals surface area contributed by atoms with E-state index in [1.807, 2.05) is 31.3 Å². The van der Waals surface area contributed by atoms with Gasteiger partial charge in [0.2, 0.25) is 0 Å². The lowest BCUT2D eigenvalue weighted by molar-refractivity contribution is 0.0914. The highest BCUT2D eigenvalue weighted by atomic mass is 32.1. The molecule has 1 saturated heterocycles. The molecule has 25 heavy (non-hydrogen) atoms. The maximum absolute atomic E-state index is 11.8. The number of amides is 1. The second-order valence-electron chi connectivity index (χ2n) is 5.86. The van der Waals surface area contributed by atoms with Crippen molar-refractivity contribution >= 4 is 28.5 Å². The Bertz CT molecular complexity index is 581. The van der Waals surface area contributed by atoms with Crippen molar-refractivity contribution in [1.29, 1.82) is 0 Å². The minimum Gasteiger partial charge on any atom is -0.450 e. The molecule has 0 radical (unpaired) electrons. The van der Waals surface area contributed by atoms with Crippen LogP contribution in [0.4, 0.5) is 9.93 Å². The second kappa shape index (κ2) is 9.45. The monoisotopic (exact) mass is 368 g/mol. The Balaban J connectivity index is 1.94. The summed E-state index contributed by atoms with van der Waals surface area (Å²) in [5, 5.41) is 6.36. The molecule has 1 amide bonds. The molecular formula is C16H28N6O2S. The first-order valence-corrected chi connectivity index (χ1v) is 9.49. The van der Waals surface area contributed by atoms with Crippen molar-refractivity contribution in [2.75, 3.05) is 58.3 Å². The molecule has 0 atom stereocenters. The first-order valence-electron chi connectivity index (χ1n) is 8.61. The Morgan fingerprint density at radius 3 is 2.56 bits per heavy atom. The van der Waals surface area contributed by atoms with Crippen molar-refractivity contribution in [2.45, 2.75) is 20.4 Å². The van der Waals surface area contributed by atoms with Gasteiger partial charge in [0, 0.05) is 52.2 Å². The summed E-state index contributed by atoms with van der Waals surface area (Å²) in [6.07, 6.45) is -0.234. The molecule has 0 aromatic carbocycles. The summed E-state index contributed by atoms with van der Waals surface area (Å²) in [7, 11) is 3.97. The van der Waals surface area contributed by atoms with Crippen molar-refractivity contribution < 1.29 is 9.53 Å². The van der Waals surface area contributed by atoms with E-state index >= 15 is 0 Å². The number of carbonyl (C=O) groups excluding carboxylic acids is 1. The zero-order valence-electron chi connectivity index (χ0n) is 15.5. The van der Waals surface area contributed by atoms with E-state index in [-0.39, 0.29) is 6.09 Å². The van der Waals surface area contributed by atoms with Gasteiger partial charge in [-0.25, -0.2) is 14.8 Å². The van der Waals surface area contributed by atoms with E-state index in [1.165, 1.54) is 0 Å². The molecule has 2 rings (SSSR count). The van der Waals surface area contributed by atoms with Crippen molar-refractivity contribution in [2.24, 2.45) is 4.99 Å². The van der Waals surface area contributed by atoms with Crippen LogP contribution in [0.15, 0.2) is 10.4 Å². The number of hydrogen-bond donors (Lipinski definition) is 1. The number of aliphatic imine (C=N–C) groups is 1. The number of piperazine rings is 1. The van der Waals surface area contributed by atoms with Crippen LogP contribution in [0.1, 0.15) is 19.5 Å². The molecule has 0 bridgehead atoms. The predicted octanol–water partition coefficient (Wildman–Crippen LogP) is 1.45. The SMILES string of the molecule is CCNC(=NCc1csc(N(C)C)n1)N1CCN(C(=O)OCC)CC1. The number of ether oxygens (including phenoxy) is 1. The normalized spacial score (nSPS) is 15.3. The van der Waals surface area contributed by atoms with Gasteiger partial charge in [-0.05, 0) is 13.8 Å². The van der Waals surface area contributed by atoms with Crippen LogP contribution in [0.25, 0.3) is 0 Å². The Morgan fingerprint density at radius 1 is 1.32 bits per heavy atom. The fraction of sp³-hybridized carbons (Fsp3) is 0.688. The Kier molecular flexibility index (Phi) is 7.30. The first-order chi connectivity index (χ1) is 12.0. The largest absolute Gasteiger partial charge is 0.450 e. The maximum Gasteiger partial charge on any atom is 0.409 e. The molecular weight excluding hydrogens is 340 g/mol. The summed E-state index contributed by atoms with van der Waals surface area (Å²) >= 11 is 1.62. The summed E-state index contributed by atoms with van der Waals surface area (Å²) in [5.41, 5.74) is 0.967. The molecule has 2 heterocycles. The zero-order chi connectivity index (χ0) is 18.2.